The van der Waals surface area contributed by atoms with Crippen LogP contribution in [-0.2, 0) is 0 Å². The number of hydrogen-bond acceptors (Lipinski definition) is 6. The minimum atomic E-state index is -0.484. The van der Waals surface area contributed by atoms with Crippen molar-refractivity contribution in [2.45, 2.75) is 19.9 Å². The lowest BCUT2D eigenvalue weighted by Gasteiger charge is -2.10. The monoisotopic (exact) mass is 354 g/mol. The van der Waals surface area contributed by atoms with E-state index in [-0.39, 0.29) is 35.7 Å². The summed E-state index contributed by atoms with van der Waals surface area (Å²) in [6.45, 7) is 4.08. The van der Waals surface area contributed by atoms with Crippen LogP contribution in [0, 0.1) is 17.0 Å². The Bertz CT molecular complexity index is 733. The Kier molecular flexibility index (Phi) is 6.81. The van der Waals surface area contributed by atoms with Crippen LogP contribution in [0.5, 0.6) is 0 Å². The van der Waals surface area contributed by atoms with Crippen LogP contribution in [0.4, 0.5) is 5.69 Å². The van der Waals surface area contributed by atoms with Crippen molar-refractivity contribution < 1.29 is 9.72 Å². The van der Waals surface area contributed by atoms with Crippen molar-refractivity contribution in [2.24, 2.45) is 0 Å². The van der Waals surface area contributed by atoms with Gasteiger partial charge < -0.3 is 10.6 Å². The van der Waals surface area contributed by atoms with Gasteiger partial charge in [-0.15, -0.1) is 17.5 Å². The highest BCUT2D eigenvalue weighted by Crippen LogP contribution is 2.18. The van der Waals surface area contributed by atoms with Crippen molar-refractivity contribution in [3.05, 3.63) is 45.8 Å². The van der Waals surface area contributed by atoms with Crippen molar-refractivity contribution >= 4 is 24.0 Å². The van der Waals surface area contributed by atoms with Gasteiger partial charge in [-0.25, -0.2) is 4.68 Å². The number of aromatic nitrogens is 3. The van der Waals surface area contributed by atoms with Crippen molar-refractivity contribution in [1.29, 1.82) is 0 Å². The van der Waals surface area contributed by atoms with E-state index in [4.69, 9.17) is 0 Å². The lowest BCUT2D eigenvalue weighted by molar-refractivity contribution is -0.384. The fourth-order valence-corrected chi connectivity index (χ4v) is 1.95. The molecule has 0 aliphatic rings. The predicted octanol–water partition coefficient (Wildman–Crippen LogP) is 1.24. The van der Waals surface area contributed by atoms with Crippen LogP contribution in [0.15, 0.2) is 24.3 Å². The third kappa shape index (κ3) is 4.27. The summed E-state index contributed by atoms with van der Waals surface area (Å²) in [5.41, 5.74) is 1.14. The number of hydrogen-bond donors (Lipinski definition) is 2. The van der Waals surface area contributed by atoms with Crippen LogP contribution in [0.2, 0.25) is 0 Å². The third-order valence-corrected chi connectivity index (χ3v) is 3.46. The SMILES string of the molecule is CNC(C)CNC(=O)c1nnn(-c2cccc([N+](=O)[O-])c2)c1C.Cl. The molecule has 0 spiro atoms. The quantitative estimate of drug-likeness (QED) is 0.595. The molecule has 24 heavy (non-hydrogen) atoms. The number of benzene rings is 1. The number of carbonyl (C=O) groups is 1. The van der Waals surface area contributed by atoms with Gasteiger partial charge in [0.15, 0.2) is 5.69 Å². The molecule has 9 nitrogen and oxygen atoms in total. The fourth-order valence-electron chi connectivity index (χ4n) is 1.95. The van der Waals surface area contributed by atoms with E-state index in [1.807, 2.05) is 6.92 Å². The summed E-state index contributed by atoms with van der Waals surface area (Å²) in [5.74, 6) is -0.332. The van der Waals surface area contributed by atoms with Gasteiger partial charge in [0.05, 0.1) is 16.3 Å². The molecule has 0 aliphatic heterocycles. The molecular weight excluding hydrogens is 336 g/mol. The molecule has 2 aromatic rings. The second-order valence-corrected chi connectivity index (χ2v) is 5.11. The molecule has 0 saturated carbocycles. The highest BCUT2D eigenvalue weighted by molar-refractivity contribution is 5.93. The number of nitro groups is 1. The van der Waals surface area contributed by atoms with E-state index in [2.05, 4.69) is 20.9 Å². The minimum absolute atomic E-state index is 0. The maximum atomic E-state index is 12.1. The van der Waals surface area contributed by atoms with Gasteiger partial charge in [0.25, 0.3) is 11.6 Å². The molecule has 1 atom stereocenters. The number of likely N-dealkylation sites (N-methyl/N-ethyl adjacent to an activating group) is 1. The number of amides is 1. The maximum absolute atomic E-state index is 12.1. The van der Waals surface area contributed by atoms with Gasteiger partial charge in [0.2, 0.25) is 0 Å². The normalized spacial score (nSPS) is 11.5. The van der Waals surface area contributed by atoms with Crippen LogP contribution < -0.4 is 10.6 Å². The molecule has 1 amide bonds. The van der Waals surface area contributed by atoms with Gasteiger partial charge in [-0.05, 0) is 27.0 Å². The third-order valence-electron chi connectivity index (χ3n) is 3.46. The minimum Gasteiger partial charge on any atom is -0.349 e. The number of rotatable bonds is 6. The Morgan fingerprint density at radius 1 is 1.46 bits per heavy atom. The molecule has 1 unspecified atom stereocenters. The summed E-state index contributed by atoms with van der Waals surface area (Å²) in [4.78, 5) is 22.5. The molecule has 2 N–H and O–H groups in total. The molecule has 2 rings (SSSR count). The number of halogens is 1. The summed E-state index contributed by atoms with van der Waals surface area (Å²) >= 11 is 0. The summed E-state index contributed by atoms with van der Waals surface area (Å²) < 4.78 is 1.41. The van der Waals surface area contributed by atoms with Crippen molar-refractivity contribution in [3.8, 4) is 5.69 Å². The first-order valence-electron chi connectivity index (χ1n) is 7.06. The van der Waals surface area contributed by atoms with E-state index >= 15 is 0 Å². The highest BCUT2D eigenvalue weighted by Gasteiger charge is 2.18. The molecule has 1 aromatic heterocycles. The van der Waals surface area contributed by atoms with Crippen LogP contribution in [0.25, 0.3) is 5.69 Å². The number of non-ortho nitro benzene ring substituents is 1. The smallest absolute Gasteiger partial charge is 0.273 e. The van der Waals surface area contributed by atoms with Gasteiger partial charge in [0.1, 0.15) is 0 Å². The molecule has 130 valence electrons. The average Bonchev–Trinajstić information content (AvgIpc) is 2.94. The molecule has 0 radical (unpaired) electrons. The first-order valence-corrected chi connectivity index (χ1v) is 7.06. The summed E-state index contributed by atoms with van der Waals surface area (Å²) in [5, 5.41) is 24.4. The standard InChI is InChI=1S/C14H18N6O3.ClH/c1-9(15-3)8-16-14(21)13-10(2)19(18-17-13)11-5-4-6-12(7-11)20(22)23;/h4-7,9,15H,8H2,1-3H3,(H,16,21);1H. The summed E-state index contributed by atoms with van der Waals surface area (Å²) in [6, 6.07) is 6.13. The molecule has 10 heteroatoms. The fraction of sp³-hybridized carbons (Fsp3) is 0.357. The number of carbonyl (C=O) groups excluding carboxylic acids is 1. The van der Waals surface area contributed by atoms with Crippen molar-refractivity contribution in [2.75, 3.05) is 13.6 Å². The molecular formula is C14H19ClN6O3. The van der Waals surface area contributed by atoms with Crippen LogP contribution in [0.1, 0.15) is 23.1 Å². The topological polar surface area (TPSA) is 115 Å². The second-order valence-electron chi connectivity index (χ2n) is 5.11. The predicted molar refractivity (Wildman–Crippen MR) is 90.9 cm³/mol. The largest absolute Gasteiger partial charge is 0.349 e. The van der Waals surface area contributed by atoms with Gasteiger partial charge in [-0.1, -0.05) is 11.3 Å². The van der Waals surface area contributed by atoms with E-state index in [9.17, 15) is 14.9 Å². The van der Waals surface area contributed by atoms with Crippen LogP contribution >= 0.6 is 12.4 Å². The van der Waals surface area contributed by atoms with E-state index < -0.39 is 4.92 Å². The zero-order valence-electron chi connectivity index (χ0n) is 13.5. The molecule has 0 saturated heterocycles. The Morgan fingerprint density at radius 2 is 2.17 bits per heavy atom. The van der Waals surface area contributed by atoms with E-state index in [0.29, 0.717) is 17.9 Å². The molecule has 0 aliphatic carbocycles. The zero-order chi connectivity index (χ0) is 17.0. The number of nitro benzene ring substituents is 1. The molecule has 0 bridgehead atoms. The number of nitrogens with zero attached hydrogens (tertiary/aromatic N) is 4. The van der Waals surface area contributed by atoms with Gasteiger partial charge in [-0.3, -0.25) is 14.9 Å². The maximum Gasteiger partial charge on any atom is 0.273 e. The lowest BCUT2D eigenvalue weighted by atomic mass is 10.2. The molecule has 1 heterocycles. The molecule has 1 aromatic carbocycles. The first kappa shape index (κ1) is 19.5. The van der Waals surface area contributed by atoms with Crippen LogP contribution in [-0.4, -0.2) is 45.5 Å². The van der Waals surface area contributed by atoms with Gasteiger partial charge in [0, 0.05) is 24.7 Å². The zero-order valence-corrected chi connectivity index (χ0v) is 14.3. The van der Waals surface area contributed by atoms with Crippen LogP contribution in [0.3, 0.4) is 0 Å². The van der Waals surface area contributed by atoms with Gasteiger partial charge >= 0.3 is 0 Å². The van der Waals surface area contributed by atoms with E-state index in [1.165, 1.54) is 16.8 Å². The Labute approximate surface area is 145 Å². The van der Waals surface area contributed by atoms with Gasteiger partial charge in [-0.2, -0.15) is 0 Å². The average molecular weight is 355 g/mol. The second kappa shape index (κ2) is 8.37. The van der Waals surface area contributed by atoms with E-state index in [1.54, 1.807) is 26.1 Å². The molecule has 0 fully saturated rings. The van der Waals surface area contributed by atoms with Crippen molar-refractivity contribution in [1.82, 2.24) is 25.6 Å². The Morgan fingerprint density at radius 3 is 2.79 bits per heavy atom. The lowest BCUT2D eigenvalue weighted by Crippen LogP contribution is -2.37. The first-order chi connectivity index (χ1) is 10.9. The Balaban J connectivity index is 0.00000288. The summed E-state index contributed by atoms with van der Waals surface area (Å²) in [6.07, 6.45) is 0. The highest BCUT2D eigenvalue weighted by atomic mass is 35.5. The Hall–Kier alpha value is -2.52. The number of nitrogens with one attached hydrogen (secondary N) is 2. The van der Waals surface area contributed by atoms with Crippen molar-refractivity contribution in [3.63, 3.8) is 0 Å². The summed E-state index contributed by atoms with van der Waals surface area (Å²) in [7, 11) is 1.81. The van der Waals surface area contributed by atoms with E-state index in [0.717, 1.165) is 0 Å².